The summed E-state index contributed by atoms with van der Waals surface area (Å²) in [5.41, 5.74) is 7.79. The smallest absolute Gasteiger partial charge is 0.410 e. The quantitative estimate of drug-likeness (QED) is 0.739. The van der Waals surface area contributed by atoms with Crippen LogP contribution < -0.4 is 5.73 Å². The largest absolute Gasteiger partial charge is 0.445 e. The molecule has 7 nitrogen and oxygen atoms in total. The van der Waals surface area contributed by atoms with E-state index in [4.69, 9.17) is 10.5 Å². The number of nitrogens with zero attached hydrogens (tertiary/aromatic N) is 2. The van der Waals surface area contributed by atoms with Crippen molar-refractivity contribution < 1.29 is 14.3 Å². The molecule has 0 aliphatic carbocycles. The molecule has 168 valence electrons. The predicted octanol–water partition coefficient (Wildman–Crippen LogP) is 3.52. The molecule has 0 bridgehead atoms. The van der Waals surface area contributed by atoms with Gasteiger partial charge >= 0.3 is 6.09 Å². The van der Waals surface area contributed by atoms with Crippen molar-refractivity contribution >= 4 is 12.0 Å². The number of aromatic nitrogens is 1. The van der Waals surface area contributed by atoms with E-state index in [1.165, 1.54) is 0 Å². The van der Waals surface area contributed by atoms with Crippen molar-refractivity contribution in [2.24, 2.45) is 11.1 Å². The number of hydrogen-bond donors (Lipinski definition) is 2. The topological polar surface area (TPSA) is 91.7 Å². The lowest BCUT2D eigenvalue weighted by Gasteiger charge is -2.40. The Labute approximate surface area is 184 Å². The maximum Gasteiger partial charge on any atom is 0.410 e. The minimum atomic E-state index is -0.532. The van der Waals surface area contributed by atoms with Crippen LogP contribution in [0.5, 0.6) is 0 Å². The molecule has 1 aromatic heterocycles. The third kappa shape index (κ3) is 6.10. The highest BCUT2D eigenvalue weighted by Gasteiger charge is 2.35. The van der Waals surface area contributed by atoms with E-state index >= 15 is 0 Å². The van der Waals surface area contributed by atoms with Gasteiger partial charge in [-0.05, 0) is 36.0 Å². The Morgan fingerprint density at radius 3 is 2.42 bits per heavy atom. The van der Waals surface area contributed by atoms with E-state index in [9.17, 15) is 9.59 Å². The van der Waals surface area contributed by atoms with Crippen molar-refractivity contribution in [3.05, 3.63) is 59.9 Å². The summed E-state index contributed by atoms with van der Waals surface area (Å²) in [6.45, 7) is 7.77. The Morgan fingerprint density at radius 1 is 1.16 bits per heavy atom. The molecule has 31 heavy (non-hydrogen) atoms. The summed E-state index contributed by atoms with van der Waals surface area (Å²) in [7, 11) is 0. The van der Waals surface area contributed by atoms with Crippen LogP contribution in [0.2, 0.25) is 0 Å². The minimum absolute atomic E-state index is 0.00137. The molecule has 1 aromatic carbocycles. The number of carbonyl (C=O) groups excluding carboxylic acids is 2. The molecule has 3 N–H and O–H groups in total. The monoisotopic (exact) mass is 426 g/mol. The third-order valence-corrected chi connectivity index (χ3v) is 5.86. The fourth-order valence-corrected chi connectivity index (χ4v) is 3.76. The molecule has 1 aliphatic rings. The Balaban J connectivity index is 1.63. The van der Waals surface area contributed by atoms with Gasteiger partial charge in [0.05, 0.1) is 12.6 Å². The van der Waals surface area contributed by atoms with Gasteiger partial charge in [-0.15, -0.1) is 0 Å². The van der Waals surface area contributed by atoms with Crippen LogP contribution in [0.3, 0.4) is 0 Å². The van der Waals surface area contributed by atoms with E-state index in [0.29, 0.717) is 32.5 Å². The van der Waals surface area contributed by atoms with Crippen molar-refractivity contribution in [1.29, 1.82) is 0 Å². The van der Waals surface area contributed by atoms with Gasteiger partial charge in [0.2, 0.25) is 5.91 Å². The highest BCUT2D eigenvalue weighted by atomic mass is 16.6. The van der Waals surface area contributed by atoms with E-state index in [1.54, 1.807) is 4.90 Å². The molecule has 0 radical (unpaired) electrons. The van der Waals surface area contributed by atoms with Gasteiger partial charge < -0.3 is 20.4 Å². The molecule has 0 saturated carbocycles. The summed E-state index contributed by atoms with van der Waals surface area (Å²) >= 11 is 0. The van der Waals surface area contributed by atoms with Crippen LogP contribution in [-0.4, -0.2) is 52.0 Å². The SMILES string of the molecule is CC(C)(C)[C@H](N)C(=O)N1CCC(N(Cc2ccc[nH]2)C(=O)OCc2ccccc2)CC1. The van der Waals surface area contributed by atoms with Crippen LogP contribution in [0.15, 0.2) is 48.7 Å². The zero-order chi connectivity index (χ0) is 22.4. The number of piperidine rings is 1. The lowest BCUT2D eigenvalue weighted by molar-refractivity contribution is -0.136. The summed E-state index contributed by atoms with van der Waals surface area (Å²) < 4.78 is 5.62. The van der Waals surface area contributed by atoms with Crippen LogP contribution >= 0.6 is 0 Å². The number of hydrogen-bond acceptors (Lipinski definition) is 4. The number of ether oxygens (including phenoxy) is 1. The molecule has 0 spiro atoms. The molecule has 1 saturated heterocycles. The zero-order valence-corrected chi connectivity index (χ0v) is 18.7. The number of rotatable bonds is 6. The van der Waals surface area contributed by atoms with E-state index in [-0.39, 0.29) is 30.1 Å². The molecule has 1 atom stereocenters. The predicted molar refractivity (Wildman–Crippen MR) is 120 cm³/mol. The fraction of sp³-hybridized carbons (Fsp3) is 0.500. The molecule has 0 unspecified atom stereocenters. The first kappa shape index (κ1) is 22.9. The van der Waals surface area contributed by atoms with E-state index in [0.717, 1.165) is 11.3 Å². The number of carbonyl (C=O) groups is 2. The van der Waals surface area contributed by atoms with E-state index < -0.39 is 6.04 Å². The van der Waals surface area contributed by atoms with Crippen LogP contribution in [-0.2, 0) is 22.7 Å². The summed E-state index contributed by atoms with van der Waals surface area (Å²) in [6.07, 6.45) is 2.90. The van der Waals surface area contributed by atoms with Gasteiger partial charge in [-0.3, -0.25) is 9.69 Å². The van der Waals surface area contributed by atoms with Crippen molar-refractivity contribution in [3.8, 4) is 0 Å². The van der Waals surface area contributed by atoms with Crippen LogP contribution in [0, 0.1) is 5.41 Å². The van der Waals surface area contributed by atoms with Crippen LogP contribution in [0.1, 0.15) is 44.9 Å². The second-order valence-corrected chi connectivity index (χ2v) is 9.26. The third-order valence-electron chi connectivity index (χ3n) is 5.86. The number of nitrogens with two attached hydrogens (primary N) is 1. The first-order valence-electron chi connectivity index (χ1n) is 10.9. The number of amides is 2. The Morgan fingerprint density at radius 2 is 1.84 bits per heavy atom. The van der Waals surface area contributed by atoms with Crippen LogP contribution in [0.4, 0.5) is 4.79 Å². The van der Waals surface area contributed by atoms with Gasteiger partial charge in [-0.1, -0.05) is 51.1 Å². The maximum absolute atomic E-state index is 13.0. The molecule has 2 amide bonds. The number of benzene rings is 1. The van der Waals surface area contributed by atoms with E-state index in [2.05, 4.69) is 4.98 Å². The standard InChI is InChI=1S/C24H34N4O3/c1-24(2,3)21(25)22(29)27-14-11-20(12-15-27)28(16-19-10-7-13-26-19)23(30)31-17-18-8-5-4-6-9-18/h4-10,13,20-21,26H,11-12,14-17,25H2,1-3H3/t21-/m1/s1. The molecule has 2 heterocycles. The molecular weight excluding hydrogens is 392 g/mol. The summed E-state index contributed by atoms with van der Waals surface area (Å²) in [5.74, 6) is -0.0199. The lowest BCUT2D eigenvalue weighted by Crippen LogP contribution is -2.54. The highest BCUT2D eigenvalue weighted by Crippen LogP contribution is 2.24. The van der Waals surface area contributed by atoms with Crippen LogP contribution in [0.25, 0.3) is 0 Å². The maximum atomic E-state index is 13.0. The number of likely N-dealkylation sites (tertiary alicyclic amines) is 1. The molecule has 1 fully saturated rings. The average molecular weight is 427 g/mol. The first-order chi connectivity index (χ1) is 14.8. The van der Waals surface area contributed by atoms with Gasteiger partial charge in [0, 0.05) is 31.0 Å². The van der Waals surface area contributed by atoms with Crippen molar-refractivity contribution in [1.82, 2.24) is 14.8 Å². The second kappa shape index (κ2) is 10.0. The number of nitrogens with one attached hydrogen (secondary N) is 1. The summed E-state index contributed by atoms with van der Waals surface area (Å²) in [6, 6.07) is 13.0. The van der Waals surface area contributed by atoms with E-state index in [1.807, 2.05) is 74.3 Å². The zero-order valence-electron chi connectivity index (χ0n) is 18.7. The van der Waals surface area contributed by atoms with Gasteiger partial charge in [-0.2, -0.15) is 0 Å². The second-order valence-electron chi connectivity index (χ2n) is 9.26. The Hall–Kier alpha value is -2.80. The lowest BCUT2D eigenvalue weighted by atomic mass is 9.86. The molecule has 7 heteroatoms. The summed E-state index contributed by atoms with van der Waals surface area (Å²) in [5, 5.41) is 0. The highest BCUT2D eigenvalue weighted by molar-refractivity contribution is 5.82. The Bertz CT molecular complexity index is 837. The minimum Gasteiger partial charge on any atom is -0.445 e. The van der Waals surface area contributed by atoms with Gasteiger partial charge in [0.15, 0.2) is 0 Å². The first-order valence-corrected chi connectivity index (χ1v) is 10.9. The fourth-order valence-electron chi connectivity index (χ4n) is 3.76. The van der Waals surface area contributed by atoms with Crippen molar-refractivity contribution in [2.75, 3.05) is 13.1 Å². The Kier molecular flexibility index (Phi) is 7.38. The summed E-state index contributed by atoms with van der Waals surface area (Å²) in [4.78, 5) is 32.5. The van der Waals surface area contributed by atoms with Crippen molar-refractivity contribution in [3.63, 3.8) is 0 Å². The number of H-pyrrole nitrogens is 1. The normalized spacial score (nSPS) is 16.1. The molecule has 3 rings (SSSR count). The molecular formula is C24H34N4O3. The van der Waals surface area contributed by atoms with Crippen molar-refractivity contribution in [2.45, 2.75) is 58.8 Å². The van der Waals surface area contributed by atoms with Gasteiger partial charge in [0.25, 0.3) is 0 Å². The number of aromatic amines is 1. The average Bonchev–Trinajstić information content (AvgIpc) is 3.28. The molecule has 2 aromatic rings. The van der Waals surface area contributed by atoms with Gasteiger partial charge in [0.1, 0.15) is 6.61 Å². The molecule has 1 aliphatic heterocycles. The van der Waals surface area contributed by atoms with Gasteiger partial charge in [-0.25, -0.2) is 4.79 Å².